The van der Waals surface area contributed by atoms with Crippen LogP contribution >= 0.6 is 0 Å². The summed E-state index contributed by atoms with van der Waals surface area (Å²) in [6.45, 7) is 3.01. The van der Waals surface area contributed by atoms with Gasteiger partial charge in [-0.25, -0.2) is 4.98 Å². The summed E-state index contributed by atoms with van der Waals surface area (Å²) >= 11 is 0. The van der Waals surface area contributed by atoms with Gasteiger partial charge in [0, 0.05) is 17.3 Å². The van der Waals surface area contributed by atoms with Crippen LogP contribution in [0.2, 0.25) is 0 Å². The lowest BCUT2D eigenvalue weighted by molar-refractivity contribution is -0.148. The van der Waals surface area contributed by atoms with Gasteiger partial charge in [-0.3, -0.25) is 5.10 Å². The van der Waals surface area contributed by atoms with Gasteiger partial charge in [0.2, 0.25) is 0 Å². The standard InChI is InChI=1S/C18H19N3O4/c1-18(24-8-9-25-18)13-6-7-19-17-15(13)16(20-21-17)12-10-11(22-2)4-5-14(12)23-3/h4-7,10H,8-9H2,1-3H3,(H,19,20,21). The minimum Gasteiger partial charge on any atom is -0.497 e. The van der Waals surface area contributed by atoms with Gasteiger partial charge in [-0.1, -0.05) is 0 Å². The molecule has 0 bridgehead atoms. The Morgan fingerprint density at radius 1 is 1.12 bits per heavy atom. The SMILES string of the molecule is COc1ccc(OC)c(-c2[nH]nc3nccc(C4(C)OCCO4)c23)c1. The number of nitrogens with zero attached hydrogens (tertiary/aromatic N) is 2. The second kappa shape index (κ2) is 6.02. The molecule has 4 rings (SSSR count). The first-order valence-corrected chi connectivity index (χ1v) is 8.00. The molecule has 7 nitrogen and oxygen atoms in total. The zero-order valence-corrected chi connectivity index (χ0v) is 14.3. The molecule has 1 N–H and O–H groups in total. The third-order valence-electron chi connectivity index (χ3n) is 4.46. The Bertz CT molecular complexity index is 916. The predicted molar refractivity (Wildman–Crippen MR) is 91.7 cm³/mol. The average molecular weight is 341 g/mol. The van der Waals surface area contributed by atoms with Gasteiger partial charge in [0.15, 0.2) is 11.4 Å². The summed E-state index contributed by atoms with van der Waals surface area (Å²) in [4.78, 5) is 4.36. The van der Waals surface area contributed by atoms with Crippen LogP contribution in [0.15, 0.2) is 30.5 Å². The van der Waals surface area contributed by atoms with E-state index in [4.69, 9.17) is 18.9 Å². The maximum absolute atomic E-state index is 5.85. The first-order chi connectivity index (χ1) is 12.2. The molecule has 1 aliphatic heterocycles. The Labute approximate surface area is 144 Å². The lowest BCUT2D eigenvalue weighted by Crippen LogP contribution is -2.22. The molecule has 0 radical (unpaired) electrons. The largest absolute Gasteiger partial charge is 0.497 e. The normalized spacial score (nSPS) is 16.3. The molecule has 0 amide bonds. The van der Waals surface area contributed by atoms with Crippen molar-refractivity contribution in [2.45, 2.75) is 12.7 Å². The summed E-state index contributed by atoms with van der Waals surface area (Å²) < 4.78 is 22.6. The van der Waals surface area contributed by atoms with Crippen molar-refractivity contribution in [3.8, 4) is 22.8 Å². The average Bonchev–Trinajstić information content (AvgIpc) is 3.28. The summed E-state index contributed by atoms with van der Waals surface area (Å²) in [7, 11) is 3.26. The Morgan fingerprint density at radius 3 is 2.64 bits per heavy atom. The van der Waals surface area contributed by atoms with E-state index >= 15 is 0 Å². The van der Waals surface area contributed by atoms with E-state index in [9.17, 15) is 0 Å². The van der Waals surface area contributed by atoms with Gasteiger partial charge in [0.1, 0.15) is 11.5 Å². The number of hydrogen-bond donors (Lipinski definition) is 1. The number of pyridine rings is 1. The molecule has 0 spiro atoms. The van der Waals surface area contributed by atoms with Crippen LogP contribution < -0.4 is 9.47 Å². The smallest absolute Gasteiger partial charge is 0.192 e. The predicted octanol–water partition coefficient (Wildman–Crippen LogP) is 2.86. The van der Waals surface area contributed by atoms with E-state index in [0.29, 0.717) is 24.6 Å². The van der Waals surface area contributed by atoms with Gasteiger partial charge >= 0.3 is 0 Å². The molecule has 3 aromatic rings. The van der Waals surface area contributed by atoms with E-state index in [2.05, 4.69) is 15.2 Å². The van der Waals surface area contributed by atoms with Crippen LogP contribution in [0.1, 0.15) is 12.5 Å². The maximum Gasteiger partial charge on any atom is 0.192 e. The van der Waals surface area contributed by atoms with Crippen molar-refractivity contribution in [3.05, 3.63) is 36.0 Å². The fourth-order valence-corrected chi connectivity index (χ4v) is 3.20. The molecule has 0 unspecified atom stereocenters. The van der Waals surface area contributed by atoms with Crippen molar-refractivity contribution < 1.29 is 18.9 Å². The molecule has 1 aliphatic rings. The van der Waals surface area contributed by atoms with Crippen molar-refractivity contribution in [1.82, 2.24) is 15.2 Å². The van der Waals surface area contributed by atoms with Crippen LogP contribution in [0, 0.1) is 0 Å². The summed E-state index contributed by atoms with van der Waals surface area (Å²) in [6, 6.07) is 7.52. The quantitative estimate of drug-likeness (QED) is 0.786. The molecule has 130 valence electrons. The molecule has 3 heterocycles. The molecule has 0 saturated carbocycles. The fourth-order valence-electron chi connectivity index (χ4n) is 3.20. The van der Waals surface area contributed by atoms with Crippen molar-refractivity contribution in [2.24, 2.45) is 0 Å². The molecule has 0 atom stereocenters. The van der Waals surface area contributed by atoms with Crippen LogP contribution in [0.25, 0.3) is 22.3 Å². The van der Waals surface area contributed by atoms with Gasteiger partial charge in [-0.05, 0) is 31.2 Å². The molecule has 1 saturated heterocycles. The monoisotopic (exact) mass is 341 g/mol. The van der Waals surface area contributed by atoms with Crippen molar-refractivity contribution in [3.63, 3.8) is 0 Å². The van der Waals surface area contributed by atoms with Crippen molar-refractivity contribution in [1.29, 1.82) is 0 Å². The van der Waals surface area contributed by atoms with Crippen molar-refractivity contribution in [2.75, 3.05) is 27.4 Å². The van der Waals surface area contributed by atoms with Crippen LogP contribution in [0.3, 0.4) is 0 Å². The van der Waals surface area contributed by atoms with Gasteiger partial charge in [0.05, 0.1) is 38.5 Å². The number of aromatic nitrogens is 3. The molecule has 0 aliphatic carbocycles. The highest BCUT2D eigenvalue weighted by Crippen LogP contribution is 2.41. The summed E-state index contributed by atoms with van der Waals surface area (Å²) in [5.41, 5.74) is 3.09. The number of rotatable bonds is 4. The molecule has 2 aromatic heterocycles. The van der Waals surface area contributed by atoms with Crippen molar-refractivity contribution >= 4 is 11.0 Å². The summed E-state index contributed by atoms with van der Waals surface area (Å²) in [6.07, 6.45) is 1.71. The van der Waals surface area contributed by atoms with E-state index in [-0.39, 0.29) is 0 Å². The second-order valence-electron chi connectivity index (χ2n) is 5.86. The van der Waals surface area contributed by atoms with E-state index in [1.807, 2.05) is 31.2 Å². The first-order valence-electron chi connectivity index (χ1n) is 8.00. The second-order valence-corrected chi connectivity index (χ2v) is 5.86. The third-order valence-corrected chi connectivity index (χ3v) is 4.46. The topological polar surface area (TPSA) is 78.5 Å². The highest BCUT2D eigenvalue weighted by molar-refractivity contribution is 5.95. The number of aromatic amines is 1. The third kappa shape index (κ3) is 2.52. The number of benzene rings is 1. The molecule has 1 fully saturated rings. The van der Waals surface area contributed by atoms with Gasteiger partial charge in [-0.2, -0.15) is 5.10 Å². The number of methoxy groups -OCH3 is 2. The lowest BCUT2D eigenvalue weighted by Gasteiger charge is -2.23. The molecule has 1 aromatic carbocycles. The van der Waals surface area contributed by atoms with Crippen LogP contribution in [0.5, 0.6) is 11.5 Å². The Balaban J connectivity index is 1.98. The number of fused-ring (bicyclic) bond motifs is 1. The zero-order valence-electron chi connectivity index (χ0n) is 14.3. The lowest BCUT2D eigenvalue weighted by atomic mass is 9.99. The zero-order chi connectivity index (χ0) is 17.4. The molecular weight excluding hydrogens is 322 g/mol. The highest BCUT2D eigenvalue weighted by atomic mass is 16.7. The van der Waals surface area contributed by atoms with Gasteiger partial charge < -0.3 is 18.9 Å². The van der Waals surface area contributed by atoms with Gasteiger partial charge in [0.25, 0.3) is 0 Å². The summed E-state index contributed by atoms with van der Waals surface area (Å²) in [5.74, 6) is 0.606. The fraction of sp³-hybridized carbons (Fsp3) is 0.333. The minimum atomic E-state index is -0.827. The number of hydrogen-bond acceptors (Lipinski definition) is 6. The molecular formula is C18H19N3O4. The summed E-state index contributed by atoms with van der Waals surface area (Å²) in [5, 5.41) is 8.27. The van der Waals surface area contributed by atoms with E-state index < -0.39 is 5.79 Å². The maximum atomic E-state index is 5.85. The van der Waals surface area contributed by atoms with Crippen LogP contribution in [0.4, 0.5) is 0 Å². The van der Waals surface area contributed by atoms with E-state index in [0.717, 1.165) is 28.0 Å². The number of nitrogens with one attached hydrogen (secondary N) is 1. The van der Waals surface area contributed by atoms with Gasteiger partial charge in [-0.15, -0.1) is 0 Å². The van der Waals surface area contributed by atoms with E-state index in [1.165, 1.54) is 0 Å². The van der Waals surface area contributed by atoms with Crippen LogP contribution in [-0.2, 0) is 15.3 Å². The molecule has 25 heavy (non-hydrogen) atoms. The number of H-pyrrole nitrogens is 1. The number of ether oxygens (including phenoxy) is 4. The molecule has 7 heteroatoms. The Kier molecular flexibility index (Phi) is 3.82. The first kappa shape index (κ1) is 15.9. The minimum absolute atomic E-state index is 0.552. The highest BCUT2D eigenvalue weighted by Gasteiger charge is 2.36. The van der Waals surface area contributed by atoms with Crippen LogP contribution in [-0.4, -0.2) is 42.6 Å². The Morgan fingerprint density at radius 2 is 1.92 bits per heavy atom. The van der Waals surface area contributed by atoms with E-state index in [1.54, 1.807) is 20.4 Å². The Hall–Kier alpha value is -2.64.